The van der Waals surface area contributed by atoms with Crippen molar-refractivity contribution in [2.24, 2.45) is 0 Å². The number of amides is 2. The lowest BCUT2D eigenvalue weighted by Gasteiger charge is -2.32. The van der Waals surface area contributed by atoms with E-state index in [1.807, 2.05) is 18.2 Å². The Labute approximate surface area is 420 Å². The van der Waals surface area contributed by atoms with Gasteiger partial charge in [0.25, 0.3) is 5.56 Å². The summed E-state index contributed by atoms with van der Waals surface area (Å²) in [6.45, 7) is 11.2. The Morgan fingerprint density at radius 2 is 0.972 bits per heavy atom. The number of halogens is 4. The summed E-state index contributed by atoms with van der Waals surface area (Å²) in [5.41, 5.74) is 3.51. The Bertz CT molecular complexity index is 2670. The molecule has 2 aliphatic rings. The minimum atomic E-state index is -0.727. The number of rotatable bonds is 16. The molecular formula is C52H58F4N10O5S. The molecule has 380 valence electrons. The number of benzene rings is 4. The highest BCUT2D eigenvalue weighted by molar-refractivity contribution is 7.71. The number of aromatic nitrogens is 4. The molecule has 8 rings (SSSR count). The molecule has 2 saturated heterocycles. The SMILES string of the molecule is CN1CCN(CCCOC(=O)Nc2cccc(Cn3nc(-c4cc(F)cc(F)c4)ccc3=O)c2)CC1.CN1CCN(CCCOC(=O)Nc2cccc(Cn3nc(-c4cc(F)cc(F)c4)ccc3=S)c2)CC1. The second-order valence-electron chi connectivity index (χ2n) is 17.7. The number of anilines is 2. The second-order valence-corrected chi connectivity index (χ2v) is 18.1. The maximum absolute atomic E-state index is 13.6. The highest BCUT2D eigenvalue weighted by Gasteiger charge is 2.16. The van der Waals surface area contributed by atoms with Gasteiger partial charge in [-0.25, -0.2) is 36.5 Å². The number of carbonyl (C=O) groups is 2. The number of nitrogens with zero attached hydrogens (tertiary/aromatic N) is 8. The van der Waals surface area contributed by atoms with Crippen molar-refractivity contribution < 1.29 is 36.6 Å². The summed E-state index contributed by atoms with van der Waals surface area (Å²) >= 11 is 5.38. The van der Waals surface area contributed by atoms with E-state index in [4.69, 9.17) is 21.7 Å². The molecule has 2 N–H and O–H groups in total. The fraction of sp³-hybridized carbons (Fsp3) is 0.346. The van der Waals surface area contributed by atoms with Crippen LogP contribution in [0.1, 0.15) is 24.0 Å². The summed E-state index contributed by atoms with van der Waals surface area (Å²) in [7, 11) is 4.23. The lowest BCUT2D eigenvalue weighted by atomic mass is 10.1. The number of carbonyl (C=O) groups excluding carboxylic acids is 2. The lowest BCUT2D eigenvalue weighted by molar-refractivity contribution is 0.129. The zero-order valence-electron chi connectivity index (χ0n) is 40.2. The molecule has 0 unspecified atom stereocenters. The van der Waals surface area contributed by atoms with E-state index in [-0.39, 0.29) is 23.4 Å². The molecule has 4 heterocycles. The van der Waals surface area contributed by atoms with Gasteiger partial charge in [0.15, 0.2) is 0 Å². The molecule has 2 aliphatic heterocycles. The molecule has 72 heavy (non-hydrogen) atoms. The Morgan fingerprint density at radius 1 is 0.556 bits per heavy atom. The number of piperazine rings is 2. The Hall–Kier alpha value is -6.84. The van der Waals surface area contributed by atoms with Crippen molar-refractivity contribution in [2.45, 2.75) is 25.9 Å². The van der Waals surface area contributed by atoms with Crippen molar-refractivity contribution in [3.05, 3.63) is 159 Å². The minimum Gasteiger partial charge on any atom is -0.449 e. The molecule has 4 aromatic carbocycles. The molecule has 6 aromatic rings. The minimum absolute atomic E-state index is 0.111. The molecule has 2 aromatic heterocycles. The van der Waals surface area contributed by atoms with Crippen LogP contribution in [-0.4, -0.2) is 144 Å². The van der Waals surface area contributed by atoms with Gasteiger partial charge in [0.05, 0.1) is 37.7 Å². The molecule has 15 nitrogen and oxygen atoms in total. The van der Waals surface area contributed by atoms with Gasteiger partial charge in [-0.05, 0) is 105 Å². The first-order chi connectivity index (χ1) is 34.7. The van der Waals surface area contributed by atoms with Crippen molar-refractivity contribution in [3.63, 3.8) is 0 Å². The number of hydrogen-bond donors (Lipinski definition) is 2. The fourth-order valence-electron chi connectivity index (χ4n) is 8.03. The molecule has 2 fully saturated rings. The van der Waals surface area contributed by atoms with E-state index < -0.39 is 35.5 Å². The van der Waals surface area contributed by atoms with Crippen LogP contribution < -0.4 is 16.2 Å². The monoisotopic (exact) mass is 1010 g/mol. The van der Waals surface area contributed by atoms with Gasteiger partial charge in [-0.15, -0.1) is 0 Å². The molecule has 0 spiro atoms. The normalized spacial score (nSPS) is 14.5. The third-order valence-corrected chi connectivity index (χ3v) is 12.3. The maximum Gasteiger partial charge on any atom is 0.411 e. The predicted molar refractivity (Wildman–Crippen MR) is 270 cm³/mol. The molecule has 0 saturated carbocycles. The first kappa shape index (κ1) is 53.0. The summed E-state index contributed by atoms with van der Waals surface area (Å²) in [6.07, 6.45) is 0.496. The van der Waals surface area contributed by atoms with Crippen LogP contribution in [0.3, 0.4) is 0 Å². The van der Waals surface area contributed by atoms with Gasteiger partial charge in [-0.3, -0.25) is 15.4 Å². The average molecular weight is 1010 g/mol. The van der Waals surface area contributed by atoms with E-state index in [9.17, 15) is 31.9 Å². The van der Waals surface area contributed by atoms with Crippen molar-refractivity contribution in [1.29, 1.82) is 0 Å². The van der Waals surface area contributed by atoms with Crippen molar-refractivity contribution >= 4 is 35.8 Å². The van der Waals surface area contributed by atoms with Gasteiger partial charge in [-0.1, -0.05) is 36.5 Å². The summed E-state index contributed by atoms with van der Waals surface area (Å²) in [5, 5.41) is 14.2. The Morgan fingerprint density at radius 3 is 1.43 bits per heavy atom. The van der Waals surface area contributed by atoms with Gasteiger partial charge >= 0.3 is 12.2 Å². The number of nitrogens with one attached hydrogen (secondary N) is 2. The zero-order chi connectivity index (χ0) is 51.0. The molecule has 0 atom stereocenters. The van der Waals surface area contributed by atoms with Crippen LogP contribution in [0.25, 0.3) is 22.5 Å². The largest absolute Gasteiger partial charge is 0.449 e. The zero-order valence-corrected chi connectivity index (χ0v) is 41.1. The molecule has 0 radical (unpaired) electrons. The van der Waals surface area contributed by atoms with Gasteiger partial charge in [0.2, 0.25) is 0 Å². The lowest BCUT2D eigenvalue weighted by Crippen LogP contribution is -2.44. The van der Waals surface area contributed by atoms with Crippen LogP contribution in [0.2, 0.25) is 0 Å². The van der Waals surface area contributed by atoms with Crippen LogP contribution in [-0.2, 0) is 22.6 Å². The van der Waals surface area contributed by atoms with E-state index in [0.29, 0.717) is 52.6 Å². The smallest absolute Gasteiger partial charge is 0.411 e. The molecular weight excluding hydrogens is 953 g/mol. The maximum atomic E-state index is 13.6. The number of hydrogen-bond acceptors (Lipinski definition) is 12. The number of ether oxygens (including phenoxy) is 2. The molecule has 0 bridgehead atoms. The van der Waals surface area contributed by atoms with Crippen molar-refractivity contribution in [2.75, 3.05) is 103 Å². The van der Waals surface area contributed by atoms with Gasteiger partial charge in [0.1, 0.15) is 27.9 Å². The summed E-state index contributed by atoms with van der Waals surface area (Å²) in [4.78, 5) is 46.1. The number of likely N-dealkylation sites (N-methyl/N-ethyl adjacent to an activating group) is 2. The summed E-state index contributed by atoms with van der Waals surface area (Å²) in [6, 6.07) is 26.6. The van der Waals surface area contributed by atoms with Crippen molar-refractivity contribution in [3.8, 4) is 22.5 Å². The second kappa shape index (κ2) is 26.0. The Balaban J connectivity index is 0.000000211. The van der Waals surface area contributed by atoms with Crippen LogP contribution in [0.5, 0.6) is 0 Å². The van der Waals surface area contributed by atoms with E-state index in [1.165, 1.54) is 28.9 Å². The fourth-order valence-corrected chi connectivity index (χ4v) is 8.21. The highest BCUT2D eigenvalue weighted by Crippen LogP contribution is 2.22. The van der Waals surface area contributed by atoms with E-state index in [1.54, 1.807) is 47.1 Å². The van der Waals surface area contributed by atoms with Gasteiger partial charge < -0.3 is 29.1 Å². The third kappa shape index (κ3) is 16.6. The highest BCUT2D eigenvalue weighted by atomic mass is 32.1. The molecule has 2 amide bonds. The first-order valence-electron chi connectivity index (χ1n) is 23.7. The van der Waals surface area contributed by atoms with Gasteiger partial charge in [-0.2, -0.15) is 10.2 Å². The molecule has 20 heteroatoms. The first-order valence-corrected chi connectivity index (χ1v) is 24.1. The third-order valence-electron chi connectivity index (χ3n) is 12.0. The Kier molecular flexibility index (Phi) is 19.2. The van der Waals surface area contributed by atoms with Crippen molar-refractivity contribution in [1.82, 2.24) is 39.2 Å². The van der Waals surface area contributed by atoms with E-state index >= 15 is 0 Å². The van der Waals surface area contributed by atoms with Crippen LogP contribution in [0, 0.1) is 27.9 Å². The molecule has 0 aliphatic carbocycles. The topological polar surface area (TPSA) is 142 Å². The van der Waals surface area contributed by atoms with Crippen LogP contribution >= 0.6 is 12.2 Å². The summed E-state index contributed by atoms with van der Waals surface area (Å²) < 4.78 is 68.4. The van der Waals surface area contributed by atoms with E-state index in [2.05, 4.69) is 54.5 Å². The van der Waals surface area contributed by atoms with E-state index in [0.717, 1.165) is 108 Å². The standard InChI is InChI=1S/C26H29F2N5O3.C26H29F2N5O2S/c1-31-9-11-32(12-10-31)8-3-13-36-26(35)29-23-5-2-4-19(14-23)18-33-25(34)7-6-24(30-33)20-15-21(27)17-22(28)16-20;1-31-9-11-32(12-10-31)8-3-13-35-26(34)29-23-5-2-4-19(14-23)18-33-25(36)7-6-24(30-33)20-15-21(27)17-22(28)16-20/h2,4-7,14-17H,3,8-13,18H2,1H3,(H,29,35);2,4-7,14-17H,3,8-13,18H2,1H3,(H,29,34). The summed E-state index contributed by atoms with van der Waals surface area (Å²) in [5.74, 6) is -2.80. The average Bonchev–Trinajstić information content (AvgIpc) is 3.34. The van der Waals surface area contributed by atoms with Crippen LogP contribution in [0.15, 0.2) is 114 Å². The quantitative estimate of drug-likeness (QED) is 0.0549. The van der Waals surface area contributed by atoms with Crippen LogP contribution in [0.4, 0.5) is 38.5 Å². The predicted octanol–water partition coefficient (Wildman–Crippen LogP) is 8.21. The van der Waals surface area contributed by atoms with Gasteiger partial charge in [0, 0.05) is 106 Å².